The molecule has 1 fully saturated rings. The standard InChI is InChI=1S/C28H35N5O5/c1-17(2)16-23(29)27(36)32-15-5-6-24(32)28(37)33(18(3)34)26(35)20-9-7-19(8-10-20)25(30)31-21-11-13-22(38-4)14-12-21/h7-14,17,23-24H,5-6,15-16,29H2,1-4H3,(H2,30,31)/t23-,24+/m1/s1. The number of carbonyl (C=O) groups excluding carboxylic acids is 4. The highest BCUT2D eigenvalue weighted by Gasteiger charge is 2.41. The van der Waals surface area contributed by atoms with Gasteiger partial charge >= 0.3 is 0 Å². The molecule has 2 aromatic carbocycles. The summed E-state index contributed by atoms with van der Waals surface area (Å²) < 4.78 is 5.13. The number of nitrogens with two attached hydrogens (primary N) is 2. The van der Waals surface area contributed by atoms with E-state index in [1.807, 2.05) is 13.8 Å². The Morgan fingerprint density at radius 3 is 2.21 bits per heavy atom. The lowest BCUT2D eigenvalue weighted by atomic mass is 10.0. The third-order valence-electron chi connectivity index (χ3n) is 6.35. The maximum atomic E-state index is 13.4. The van der Waals surface area contributed by atoms with Crippen LogP contribution >= 0.6 is 0 Å². The Hall–Kier alpha value is -4.05. The van der Waals surface area contributed by atoms with Gasteiger partial charge in [-0.15, -0.1) is 0 Å². The zero-order valence-corrected chi connectivity index (χ0v) is 22.2. The van der Waals surface area contributed by atoms with Gasteiger partial charge in [0.25, 0.3) is 11.8 Å². The van der Waals surface area contributed by atoms with Crippen molar-refractivity contribution >= 4 is 35.2 Å². The molecule has 2 aromatic rings. The number of amidine groups is 1. The summed E-state index contributed by atoms with van der Waals surface area (Å²) in [7, 11) is 1.57. The number of likely N-dealkylation sites (tertiary alicyclic amines) is 1. The molecule has 10 heteroatoms. The molecule has 1 aliphatic rings. The number of rotatable bonds is 8. The van der Waals surface area contributed by atoms with Crippen molar-refractivity contribution in [2.24, 2.45) is 22.4 Å². The number of ether oxygens (including phenoxy) is 1. The van der Waals surface area contributed by atoms with Crippen molar-refractivity contribution in [1.29, 1.82) is 0 Å². The van der Waals surface area contributed by atoms with Gasteiger partial charge in [0.05, 0.1) is 18.8 Å². The molecule has 1 aliphatic heterocycles. The van der Waals surface area contributed by atoms with Crippen molar-refractivity contribution in [3.05, 3.63) is 59.7 Å². The second kappa shape index (κ2) is 12.5. The number of hydrogen-bond acceptors (Lipinski definition) is 7. The largest absolute Gasteiger partial charge is 0.497 e. The van der Waals surface area contributed by atoms with Crippen LogP contribution in [0.4, 0.5) is 5.69 Å². The van der Waals surface area contributed by atoms with Crippen molar-refractivity contribution in [2.75, 3.05) is 13.7 Å². The van der Waals surface area contributed by atoms with Gasteiger partial charge in [-0.3, -0.25) is 19.2 Å². The smallest absolute Gasteiger partial charge is 0.267 e. The first kappa shape index (κ1) is 28.5. The maximum Gasteiger partial charge on any atom is 0.267 e. The van der Waals surface area contributed by atoms with E-state index in [0.29, 0.717) is 47.7 Å². The van der Waals surface area contributed by atoms with Crippen LogP contribution in [0.1, 0.15) is 56.0 Å². The van der Waals surface area contributed by atoms with E-state index < -0.39 is 29.8 Å². The van der Waals surface area contributed by atoms with Gasteiger partial charge in [-0.2, -0.15) is 0 Å². The molecule has 0 radical (unpaired) electrons. The number of nitrogens with zero attached hydrogens (tertiary/aromatic N) is 3. The first-order valence-electron chi connectivity index (χ1n) is 12.6. The van der Waals surface area contributed by atoms with E-state index in [4.69, 9.17) is 16.2 Å². The molecule has 10 nitrogen and oxygen atoms in total. The third kappa shape index (κ3) is 6.63. The zero-order valence-electron chi connectivity index (χ0n) is 22.2. The van der Waals surface area contributed by atoms with Crippen molar-refractivity contribution in [3.63, 3.8) is 0 Å². The van der Waals surface area contributed by atoms with E-state index in [1.165, 1.54) is 17.0 Å². The Balaban J connectivity index is 1.77. The summed E-state index contributed by atoms with van der Waals surface area (Å²) in [6.45, 7) is 5.41. The number of amides is 4. The van der Waals surface area contributed by atoms with Crippen molar-refractivity contribution in [1.82, 2.24) is 9.80 Å². The number of aliphatic imine (C=N–C) groups is 1. The molecule has 0 saturated carbocycles. The lowest BCUT2D eigenvalue weighted by Crippen LogP contribution is -2.54. The molecule has 0 aromatic heterocycles. The lowest BCUT2D eigenvalue weighted by Gasteiger charge is -2.30. The Bertz CT molecular complexity index is 1210. The quantitative estimate of drug-likeness (QED) is 0.308. The topological polar surface area (TPSA) is 148 Å². The Morgan fingerprint density at radius 2 is 1.66 bits per heavy atom. The molecule has 2 atom stereocenters. The van der Waals surface area contributed by atoms with Crippen molar-refractivity contribution in [2.45, 2.75) is 52.1 Å². The highest BCUT2D eigenvalue weighted by atomic mass is 16.5. The van der Waals surface area contributed by atoms with Crippen LogP contribution in [0.25, 0.3) is 0 Å². The fourth-order valence-electron chi connectivity index (χ4n) is 4.43. The first-order valence-corrected chi connectivity index (χ1v) is 12.6. The number of benzene rings is 2. The zero-order chi connectivity index (χ0) is 28.0. The highest BCUT2D eigenvalue weighted by Crippen LogP contribution is 2.23. The molecule has 1 heterocycles. The number of carbonyl (C=O) groups is 4. The molecule has 4 amide bonds. The van der Waals surface area contributed by atoms with Gasteiger partial charge in [0, 0.05) is 24.6 Å². The molecular weight excluding hydrogens is 486 g/mol. The molecule has 0 aliphatic carbocycles. The fourth-order valence-corrected chi connectivity index (χ4v) is 4.43. The van der Waals surface area contributed by atoms with Gasteiger partial charge in [0.2, 0.25) is 11.8 Å². The molecule has 202 valence electrons. The molecule has 3 rings (SSSR count). The Kier molecular flexibility index (Phi) is 9.35. The van der Waals surface area contributed by atoms with Crippen LogP contribution in [0.2, 0.25) is 0 Å². The number of hydrogen-bond donors (Lipinski definition) is 2. The predicted molar refractivity (Wildman–Crippen MR) is 144 cm³/mol. The third-order valence-corrected chi connectivity index (χ3v) is 6.35. The van der Waals surface area contributed by atoms with E-state index in [2.05, 4.69) is 4.99 Å². The minimum Gasteiger partial charge on any atom is -0.497 e. The van der Waals surface area contributed by atoms with Crippen molar-refractivity contribution in [3.8, 4) is 5.75 Å². The fraction of sp³-hybridized carbons (Fsp3) is 0.393. The van der Waals surface area contributed by atoms with Crippen LogP contribution in [-0.4, -0.2) is 65.0 Å². The van der Waals surface area contributed by atoms with Crippen molar-refractivity contribution < 1.29 is 23.9 Å². The summed E-state index contributed by atoms with van der Waals surface area (Å²) >= 11 is 0. The van der Waals surface area contributed by atoms with Crippen LogP contribution in [0.3, 0.4) is 0 Å². The van der Waals surface area contributed by atoms with Gasteiger partial charge in [0.1, 0.15) is 17.6 Å². The van der Waals surface area contributed by atoms with E-state index >= 15 is 0 Å². The van der Waals surface area contributed by atoms with E-state index in [1.54, 1.807) is 43.5 Å². The summed E-state index contributed by atoms with van der Waals surface area (Å²) in [6, 6.07) is 11.5. The Morgan fingerprint density at radius 1 is 1.05 bits per heavy atom. The van der Waals surface area contributed by atoms with Gasteiger partial charge in [-0.25, -0.2) is 9.89 Å². The molecule has 0 unspecified atom stereocenters. The van der Waals surface area contributed by atoms with Gasteiger partial charge in [0.15, 0.2) is 0 Å². The summed E-state index contributed by atoms with van der Waals surface area (Å²) in [5.74, 6) is -1.44. The summed E-state index contributed by atoms with van der Waals surface area (Å²) in [6.07, 6.45) is 1.41. The van der Waals surface area contributed by atoms with Gasteiger partial charge in [-0.05, 0) is 61.6 Å². The number of imide groups is 3. The second-order valence-corrected chi connectivity index (χ2v) is 9.70. The predicted octanol–water partition coefficient (Wildman–Crippen LogP) is 2.61. The average Bonchev–Trinajstić information content (AvgIpc) is 3.38. The molecule has 1 saturated heterocycles. The highest BCUT2D eigenvalue weighted by molar-refractivity contribution is 6.17. The van der Waals surface area contributed by atoms with Crippen LogP contribution in [0.5, 0.6) is 5.75 Å². The SMILES string of the molecule is COc1ccc(N=C(N)c2ccc(C(=O)N(C(C)=O)C(=O)[C@@H]3CCCN3C(=O)[C@H](N)CC(C)C)cc2)cc1. The first-order chi connectivity index (χ1) is 18.0. The Labute approximate surface area is 222 Å². The van der Waals surface area contributed by atoms with Gasteiger partial charge in [-0.1, -0.05) is 26.0 Å². The maximum absolute atomic E-state index is 13.4. The van der Waals surface area contributed by atoms with E-state index in [9.17, 15) is 19.2 Å². The number of methoxy groups -OCH3 is 1. The van der Waals surface area contributed by atoms with Crippen LogP contribution < -0.4 is 16.2 Å². The molecule has 0 spiro atoms. The monoisotopic (exact) mass is 521 g/mol. The van der Waals surface area contributed by atoms with Crippen LogP contribution in [-0.2, 0) is 14.4 Å². The molecule has 0 bridgehead atoms. The summed E-state index contributed by atoms with van der Waals surface area (Å²) in [4.78, 5) is 58.4. The summed E-state index contributed by atoms with van der Waals surface area (Å²) in [5.41, 5.74) is 13.5. The minimum absolute atomic E-state index is 0.127. The van der Waals surface area contributed by atoms with Crippen LogP contribution in [0.15, 0.2) is 53.5 Å². The lowest BCUT2D eigenvalue weighted by molar-refractivity contribution is -0.148. The molecule has 38 heavy (non-hydrogen) atoms. The minimum atomic E-state index is -0.917. The summed E-state index contributed by atoms with van der Waals surface area (Å²) in [5, 5.41) is 0. The van der Waals surface area contributed by atoms with Gasteiger partial charge < -0.3 is 21.1 Å². The van der Waals surface area contributed by atoms with E-state index in [-0.39, 0.29) is 23.2 Å². The normalized spacial score (nSPS) is 16.3. The van der Waals surface area contributed by atoms with E-state index in [0.717, 1.165) is 6.92 Å². The van der Waals surface area contributed by atoms with Crippen LogP contribution in [0, 0.1) is 5.92 Å². The average molecular weight is 522 g/mol. The molecular formula is C28H35N5O5. The molecule has 4 N–H and O–H groups in total. The second-order valence-electron chi connectivity index (χ2n) is 9.70.